The summed E-state index contributed by atoms with van der Waals surface area (Å²) in [6, 6.07) is 13.6. The van der Waals surface area contributed by atoms with E-state index in [0.717, 1.165) is 0 Å². The Morgan fingerprint density at radius 1 is 0.885 bits per heavy atom. The van der Waals surface area contributed by atoms with Crippen molar-refractivity contribution in [1.29, 1.82) is 0 Å². The van der Waals surface area contributed by atoms with E-state index in [1.54, 1.807) is 36.4 Å². The van der Waals surface area contributed by atoms with Gasteiger partial charge < -0.3 is 0 Å². The van der Waals surface area contributed by atoms with Crippen molar-refractivity contribution < 1.29 is 9.59 Å². The second-order valence-corrected chi connectivity index (χ2v) is 7.62. The van der Waals surface area contributed by atoms with Crippen LogP contribution in [0.15, 0.2) is 48.5 Å². The molecule has 0 bridgehead atoms. The van der Waals surface area contributed by atoms with E-state index in [9.17, 15) is 9.59 Å². The maximum atomic E-state index is 13.2. The lowest BCUT2D eigenvalue weighted by Gasteiger charge is -2.43. The van der Waals surface area contributed by atoms with Crippen molar-refractivity contribution in [2.45, 2.75) is 33.2 Å². The van der Waals surface area contributed by atoms with Gasteiger partial charge >= 0.3 is 0 Å². The Morgan fingerprint density at radius 2 is 1.50 bits per heavy atom. The number of hydrogen-bond acceptors (Lipinski definition) is 2. The van der Waals surface area contributed by atoms with E-state index in [1.165, 1.54) is 16.1 Å². The smallest absolute Gasteiger partial charge is 0.267 e. The van der Waals surface area contributed by atoms with E-state index < -0.39 is 5.54 Å². The monoisotopic (exact) mass is 392 g/mol. The highest BCUT2D eigenvalue weighted by Crippen LogP contribution is 2.26. The molecule has 4 nitrogen and oxygen atoms in total. The number of amides is 2. The number of rotatable bonds is 3. The minimum absolute atomic E-state index is 0.239. The van der Waals surface area contributed by atoms with Crippen LogP contribution in [-0.4, -0.2) is 33.9 Å². The minimum Gasteiger partial charge on any atom is -0.267 e. The Morgan fingerprint density at radius 3 is 2.00 bits per heavy atom. The number of nitrogens with zero attached hydrogens (tertiary/aromatic N) is 2. The molecule has 0 radical (unpaired) electrons. The van der Waals surface area contributed by atoms with Crippen molar-refractivity contribution in [3.05, 3.63) is 69.7 Å². The van der Waals surface area contributed by atoms with Crippen molar-refractivity contribution in [2.24, 2.45) is 0 Å². The number of halogens is 2. The first-order valence-corrected chi connectivity index (χ1v) is 9.09. The summed E-state index contributed by atoms with van der Waals surface area (Å²) in [6.45, 7) is 7.82. The average Bonchev–Trinajstić information content (AvgIpc) is 2.60. The van der Waals surface area contributed by atoms with Crippen molar-refractivity contribution in [1.82, 2.24) is 10.0 Å². The molecule has 0 N–H and O–H groups in total. The topological polar surface area (TPSA) is 40.6 Å². The van der Waals surface area contributed by atoms with Gasteiger partial charge in [-0.05, 0) is 58.0 Å². The largest absolute Gasteiger partial charge is 0.273 e. The molecule has 0 unspecified atom stereocenters. The summed E-state index contributed by atoms with van der Waals surface area (Å²) in [5.41, 5.74) is 0.267. The predicted octanol–water partition coefficient (Wildman–Crippen LogP) is 5.31. The molecule has 2 amide bonds. The molecule has 0 aliphatic heterocycles. The van der Waals surface area contributed by atoms with Crippen molar-refractivity contribution >= 4 is 35.0 Å². The fourth-order valence-corrected chi connectivity index (χ4v) is 2.93. The Hall–Kier alpha value is -2.04. The summed E-state index contributed by atoms with van der Waals surface area (Å²) >= 11 is 12.0. The van der Waals surface area contributed by atoms with Gasteiger partial charge in [-0.25, -0.2) is 10.0 Å². The minimum atomic E-state index is -0.621. The number of benzene rings is 2. The number of hydrazine groups is 1. The molecule has 0 fully saturated rings. The highest BCUT2D eigenvalue weighted by Gasteiger charge is 2.35. The lowest BCUT2D eigenvalue weighted by atomic mass is 10.1. The normalized spacial score (nSPS) is 11.2. The van der Waals surface area contributed by atoms with Crippen LogP contribution in [0.25, 0.3) is 0 Å². The zero-order valence-corrected chi connectivity index (χ0v) is 16.8. The van der Waals surface area contributed by atoms with Crippen LogP contribution in [0.1, 0.15) is 48.4 Å². The lowest BCUT2D eigenvalue weighted by Crippen LogP contribution is -2.58. The van der Waals surface area contributed by atoms with E-state index in [2.05, 4.69) is 0 Å². The third-order valence-electron chi connectivity index (χ3n) is 3.79. The lowest BCUT2D eigenvalue weighted by molar-refractivity contribution is -0.0410. The maximum absolute atomic E-state index is 13.2. The third-order valence-corrected chi connectivity index (χ3v) is 4.53. The highest BCUT2D eigenvalue weighted by molar-refractivity contribution is 6.42. The number of carbonyl (C=O) groups is 2. The summed E-state index contributed by atoms with van der Waals surface area (Å²) < 4.78 is 0. The number of hydrogen-bond donors (Lipinski definition) is 0. The fraction of sp³-hybridized carbons (Fsp3) is 0.300. The summed E-state index contributed by atoms with van der Waals surface area (Å²) in [4.78, 5) is 26.2. The van der Waals surface area contributed by atoms with Gasteiger partial charge in [-0.15, -0.1) is 0 Å². The molecule has 0 aromatic heterocycles. The molecule has 2 aromatic carbocycles. The van der Waals surface area contributed by atoms with Crippen LogP contribution < -0.4 is 0 Å². The van der Waals surface area contributed by atoms with Crippen molar-refractivity contribution in [2.75, 3.05) is 6.54 Å². The molecule has 0 atom stereocenters. The van der Waals surface area contributed by atoms with E-state index in [1.807, 2.05) is 33.8 Å². The standard InChI is InChI=1S/C20H22Cl2N2O2/c1-5-23(18(25)14-9-7-6-8-10-14)24(20(2,3)4)19(26)15-11-12-16(21)17(22)13-15/h6-13H,5H2,1-4H3. The van der Waals surface area contributed by atoms with Gasteiger partial charge in [0, 0.05) is 17.7 Å². The summed E-state index contributed by atoms with van der Waals surface area (Å²) in [6.07, 6.45) is 0. The zero-order valence-electron chi connectivity index (χ0n) is 15.3. The summed E-state index contributed by atoms with van der Waals surface area (Å²) in [7, 11) is 0. The molecular weight excluding hydrogens is 371 g/mol. The first-order chi connectivity index (χ1) is 12.2. The van der Waals surface area contributed by atoms with E-state index in [4.69, 9.17) is 23.2 Å². The Kier molecular flexibility index (Phi) is 6.32. The third kappa shape index (κ3) is 4.37. The van der Waals surface area contributed by atoms with Gasteiger partial charge in [0.05, 0.1) is 15.6 Å². The van der Waals surface area contributed by atoms with E-state index in [0.29, 0.717) is 27.7 Å². The Bertz CT molecular complexity index is 801. The predicted molar refractivity (Wildman–Crippen MR) is 106 cm³/mol. The Balaban J connectivity index is 2.46. The molecule has 0 aliphatic carbocycles. The van der Waals surface area contributed by atoms with Gasteiger partial charge in [0.15, 0.2) is 0 Å². The molecule has 2 rings (SSSR count). The molecule has 26 heavy (non-hydrogen) atoms. The fourth-order valence-electron chi connectivity index (χ4n) is 2.63. The first kappa shape index (κ1) is 20.3. The van der Waals surface area contributed by atoms with Gasteiger partial charge in [-0.2, -0.15) is 0 Å². The van der Waals surface area contributed by atoms with Crippen LogP contribution in [0.3, 0.4) is 0 Å². The molecule has 0 saturated carbocycles. The summed E-state index contributed by atoms with van der Waals surface area (Å²) in [5, 5.41) is 3.60. The van der Waals surface area contributed by atoms with Crippen LogP contribution in [0.5, 0.6) is 0 Å². The van der Waals surface area contributed by atoms with Crippen LogP contribution in [0.2, 0.25) is 10.0 Å². The van der Waals surface area contributed by atoms with Crippen LogP contribution in [0.4, 0.5) is 0 Å². The highest BCUT2D eigenvalue weighted by atomic mass is 35.5. The van der Waals surface area contributed by atoms with Crippen molar-refractivity contribution in [3.63, 3.8) is 0 Å². The first-order valence-electron chi connectivity index (χ1n) is 8.33. The molecule has 0 saturated heterocycles. The zero-order chi connectivity index (χ0) is 19.5. The maximum Gasteiger partial charge on any atom is 0.273 e. The quantitative estimate of drug-likeness (QED) is 0.663. The second-order valence-electron chi connectivity index (χ2n) is 6.80. The van der Waals surface area contributed by atoms with E-state index >= 15 is 0 Å². The van der Waals surface area contributed by atoms with Crippen LogP contribution in [0, 0.1) is 0 Å². The second kappa shape index (κ2) is 8.11. The number of carbonyl (C=O) groups excluding carboxylic acids is 2. The molecule has 0 aliphatic rings. The molecule has 6 heteroatoms. The van der Waals surface area contributed by atoms with Crippen molar-refractivity contribution in [3.8, 4) is 0 Å². The SMILES string of the molecule is CCN(C(=O)c1ccccc1)N(C(=O)c1ccc(Cl)c(Cl)c1)C(C)(C)C. The average molecular weight is 393 g/mol. The van der Waals surface area contributed by atoms with Gasteiger partial charge in [0.1, 0.15) is 0 Å². The van der Waals surface area contributed by atoms with Crippen LogP contribution >= 0.6 is 23.2 Å². The van der Waals surface area contributed by atoms with Gasteiger partial charge in [-0.1, -0.05) is 41.4 Å². The molecule has 138 valence electrons. The van der Waals surface area contributed by atoms with Gasteiger partial charge in [0.25, 0.3) is 11.8 Å². The van der Waals surface area contributed by atoms with Crippen LogP contribution in [-0.2, 0) is 0 Å². The Labute approximate surface area is 164 Å². The molecule has 0 spiro atoms. The van der Waals surface area contributed by atoms with E-state index in [-0.39, 0.29) is 11.8 Å². The van der Waals surface area contributed by atoms with Gasteiger partial charge in [0.2, 0.25) is 0 Å². The molecule has 0 heterocycles. The summed E-state index contributed by atoms with van der Waals surface area (Å²) in [5.74, 6) is -0.557. The molecular formula is C20H22Cl2N2O2. The van der Waals surface area contributed by atoms with Gasteiger partial charge in [-0.3, -0.25) is 9.59 Å². The molecule has 2 aromatic rings.